The second-order valence-electron chi connectivity index (χ2n) is 6.14. The molecule has 0 radical (unpaired) electrons. The summed E-state index contributed by atoms with van der Waals surface area (Å²) < 4.78 is 26.5. The minimum atomic E-state index is -0.548. The van der Waals surface area contributed by atoms with Crippen LogP contribution in [0.5, 0.6) is 0 Å². The number of hydrogen-bond acceptors (Lipinski definition) is 1. The van der Waals surface area contributed by atoms with E-state index in [1.807, 2.05) is 0 Å². The van der Waals surface area contributed by atoms with Gasteiger partial charge >= 0.3 is 0 Å². The molecule has 0 spiro atoms. The Morgan fingerprint density at radius 1 is 1.26 bits per heavy atom. The average molecular weight is 267 g/mol. The van der Waals surface area contributed by atoms with Crippen molar-refractivity contribution in [3.63, 3.8) is 0 Å². The van der Waals surface area contributed by atoms with Gasteiger partial charge in [-0.2, -0.15) is 0 Å². The Labute approximate surface area is 114 Å². The first kappa shape index (κ1) is 15.8. The third-order valence-corrected chi connectivity index (χ3v) is 2.87. The predicted molar refractivity (Wildman–Crippen MR) is 76.9 cm³/mol. The minimum absolute atomic E-state index is 0.00925. The smallest absolute Gasteiger partial charge is 0.133 e. The van der Waals surface area contributed by atoms with Gasteiger partial charge in [0.1, 0.15) is 11.6 Å². The van der Waals surface area contributed by atoms with E-state index in [1.165, 1.54) is 12.1 Å². The van der Waals surface area contributed by atoms with Gasteiger partial charge in [0.15, 0.2) is 0 Å². The number of hydrogen-bond donors (Lipinski definition) is 1. The maximum atomic E-state index is 13.6. The van der Waals surface area contributed by atoms with Crippen molar-refractivity contribution in [1.82, 2.24) is 5.32 Å². The lowest BCUT2D eigenvalue weighted by Gasteiger charge is -2.23. The molecule has 106 valence electrons. The monoisotopic (exact) mass is 267 g/mol. The molecule has 0 bridgehead atoms. The molecule has 1 aromatic rings. The summed E-state index contributed by atoms with van der Waals surface area (Å²) in [4.78, 5) is 0. The minimum Gasteiger partial charge on any atom is -0.308 e. The Bertz CT molecular complexity index is 456. The molecular formula is C16H23F2N. The third kappa shape index (κ3) is 5.52. The van der Waals surface area contributed by atoms with Crippen LogP contribution in [0.2, 0.25) is 0 Å². The fourth-order valence-electron chi connectivity index (χ4n) is 1.61. The summed E-state index contributed by atoms with van der Waals surface area (Å²) in [6.45, 7) is 11.1. The van der Waals surface area contributed by atoms with Gasteiger partial charge in [0.05, 0.1) is 0 Å². The zero-order chi connectivity index (χ0) is 14.6. The van der Waals surface area contributed by atoms with Crippen LogP contribution in [0.3, 0.4) is 0 Å². The lowest BCUT2D eigenvalue weighted by atomic mass is 9.98. The van der Waals surface area contributed by atoms with Crippen LogP contribution in [-0.2, 0) is 0 Å². The molecule has 0 amide bonds. The lowest BCUT2D eigenvalue weighted by molar-refractivity contribution is 0.437. The summed E-state index contributed by atoms with van der Waals surface area (Å²) in [6.07, 6.45) is 1.80. The Hall–Kier alpha value is -1.22. The van der Waals surface area contributed by atoms with Gasteiger partial charge in [-0.3, -0.25) is 0 Å². The molecule has 0 aliphatic heterocycles. The molecule has 3 heteroatoms. The van der Waals surface area contributed by atoms with Gasteiger partial charge in [0.2, 0.25) is 0 Å². The largest absolute Gasteiger partial charge is 0.308 e. The molecule has 0 saturated carbocycles. The van der Waals surface area contributed by atoms with E-state index >= 15 is 0 Å². The van der Waals surface area contributed by atoms with E-state index in [0.717, 1.165) is 11.6 Å². The first-order valence-corrected chi connectivity index (χ1v) is 6.59. The van der Waals surface area contributed by atoms with E-state index in [1.54, 1.807) is 6.08 Å². The molecule has 19 heavy (non-hydrogen) atoms. The second-order valence-corrected chi connectivity index (χ2v) is 6.14. The van der Waals surface area contributed by atoms with Gasteiger partial charge < -0.3 is 5.32 Å². The summed E-state index contributed by atoms with van der Waals surface area (Å²) in [6, 6.07) is 3.68. The van der Waals surface area contributed by atoms with Crippen LogP contribution < -0.4 is 5.32 Å². The van der Waals surface area contributed by atoms with Gasteiger partial charge in [-0.05, 0) is 38.8 Å². The molecule has 1 aromatic carbocycles. The highest BCUT2D eigenvalue weighted by Gasteiger charge is 2.12. The van der Waals surface area contributed by atoms with Crippen LogP contribution in [0.1, 0.15) is 40.2 Å². The first-order chi connectivity index (χ1) is 8.69. The maximum Gasteiger partial charge on any atom is 0.133 e. The van der Waals surface area contributed by atoms with Crippen molar-refractivity contribution >= 4 is 6.08 Å². The normalized spacial score (nSPS) is 13.2. The SMILES string of the molecule is CC(C)C(=Cc1ccc(F)cc1F)CNC(C)(C)C. The Morgan fingerprint density at radius 2 is 1.89 bits per heavy atom. The van der Waals surface area contributed by atoms with Crippen molar-refractivity contribution in [2.75, 3.05) is 6.54 Å². The molecule has 0 unspecified atom stereocenters. The number of nitrogens with one attached hydrogen (secondary N) is 1. The molecule has 0 aliphatic carbocycles. The van der Waals surface area contributed by atoms with Gasteiger partial charge in [-0.25, -0.2) is 8.78 Å². The van der Waals surface area contributed by atoms with Gasteiger partial charge in [0.25, 0.3) is 0 Å². The summed E-state index contributed by atoms with van der Waals surface area (Å²) >= 11 is 0. The standard InChI is InChI=1S/C16H23F2N/c1-11(2)13(10-19-16(3,4)5)8-12-6-7-14(17)9-15(12)18/h6-9,11,19H,10H2,1-5H3. The van der Waals surface area contributed by atoms with Crippen LogP contribution in [0, 0.1) is 17.6 Å². The number of benzene rings is 1. The van der Waals surface area contributed by atoms with E-state index in [4.69, 9.17) is 0 Å². The number of rotatable bonds is 4. The van der Waals surface area contributed by atoms with Crippen LogP contribution in [-0.4, -0.2) is 12.1 Å². The zero-order valence-electron chi connectivity index (χ0n) is 12.3. The van der Waals surface area contributed by atoms with Crippen molar-refractivity contribution in [2.45, 2.75) is 40.2 Å². The van der Waals surface area contributed by atoms with Crippen LogP contribution in [0.25, 0.3) is 6.08 Å². The van der Waals surface area contributed by atoms with Gasteiger partial charge in [-0.1, -0.05) is 25.5 Å². The van der Waals surface area contributed by atoms with Crippen molar-refractivity contribution in [2.24, 2.45) is 5.92 Å². The van der Waals surface area contributed by atoms with E-state index < -0.39 is 11.6 Å². The predicted octanol–water partition coefficient (Wildman–Crippen LogP) is 4.39. The fraction of sp³-hybridized carbons (Fsp3) is 0.500. The van der Waals surface area contributed by atoms with Crippen molar-refractivity contribution in [3.05, 3.63) is 41.0 Å². The molecule has 0 aromatic heterocycles. The number of halogens is 2. The van der Waals surface area contributed by atoms with E-state index in [-0.39, 0.29) is 5.54 Å². The Kier molecular flexibility index (Phi) is 5.24. The van der Waals surface area contributed by atoms with Gasteiger partial charge in [0, 0.05) is 23.7 Å². The fourth-order valence-corrected chi connectivity index (χ4v) is 1.61. The zero-order valence-corrected chi connectivity index (χ0v) is 12.3. The van der Waals surface area contributed by atoms with Crippen LogP contribution >= 0.6 is 0 Å². The molecule has 1 rings (SSSR count). The molecule has 1 nitrogen and oxygen atoms in total. The maximum absolute atomic E-state index is 13.6. The van der Waals surface area contributed by atoms with E-state index in [2.05, 4.69) is 39.9 Å². The molecule has 0 fully saturated rings. The molecular weight excluding hydrogens is 244 g/mol. The van der Waals surface area contributed by atoms with Crippen LogP contribution in [0.15, 0.2) is 23.8 Å². The molecule has 0 saturated heterocycles. The summed E-state index contributed by atoms with van der Waals surface area (Å²) in [5.41, 5.74) is 1.54. The topological polar surface area (TPSA) is 12.0 Å². The van der Waals surface area contributed by atoms with Crippen LogP contribution in [0.4, 0.5) is 8.78 Å². The quantitative estimate of drug-likeness (QED) is 0.853. The van der Waals surface area contributed by atoms with Crippen molar-refractivity contribution in [3.8, 4) is 0 Å². The summed E-state index contributed by atoms with van der Waals surface area (Å²) in [5, 5.41) is 3.39. The Balaban J connectivity index is 2.95. The highest BCUT2D eigenvalue weighted by molar-refractivity contribution is 5.54. The Morgan fingerprint density at radius 3 is 2.37 bits per heavy atom. The van der Waals surface area contributed by atoms with Crippen molar-refractivity contribution in [1.29, 1.82) is 0 Å². The van der Waals surface area contributed by atoms with Crippen molar-refractivity contribution < 1.29 is 8.78 Å². The second kappa shape index (κ2) is 6.29. The first-order valence-electron chi connectivity index (χ1n) is 6.59. The van der Waals surface area contributed by atoms with Gasteiger partial charge in [-0.15, -0.1) is 0 Å². The third-order valence-electron chi connectivity index (χ3n) is 2.87. The lowest BCUT2D eigenvalue weighted by Crippen LogP contribution is -2.37. The van der Waals surface area contributed by atoms with E-state index in [0.29, 0.717) is 18.0 Å². The molecule has 1 N–H and O–H groups in total. The highest BCUT2D eigenvalue weighted by atomic mass is 19.1. The van der Waals surface area contributed by atoms with E-state index in [9.17, 15) is 8.78 Å². The highest BCUT2D eigenvalue weighted by Crippen LogP contribution is 2.18. The average Bonchev–Trinajstić information content (AvgIpc) is 2.24. The molecule has 0 aliphatic rings. The molecule has 0 atom stereocenters. The summed E-state index contributed by atoms with van der Waals surface area (Å²) in [5.74, 6) is -0.762. The molecule has 0 heterocycles. The summed E-state index contributed by atoms with van der Waals surface area (Å²) in [7, 11) is 0.